The van der Waals surface area contributed by atoms with Gasteiger partial charge in [-0.2, -0.15) is 0 Å². The SMILES string of the molecule is COc1cc(NC(=O)Cc2cccs2)ncn1. The van der Waals surface area contributed by atoms with Crippen molar-refractivity contribution in [3.63, 3.8) is 0 Å². The molecule has 5 nitrogen and oxygen atoms in total. The third kappa shape index (κ3) is 3.25. The normalized spacial score (nSPS) is 9.94. The quantitative estimate of drug-likeness (QED) is 0.896. The Morgan fingerprint density at radius 2 is 2.41 bits per heavy atom. The second-order valence-electron chi connectivity index (χ2n) is 3.25. The molecule has 2 heterocycles. The summed E-state index contributed by atoms with van der Waals surface area (Å²) in [4.78, 5) is 20.5. The van der Waals surface area contributed by atoms with Crippen molar-refractivity contribution in [2.75, 3.05) is 12.4 Å². The number of hydrogen-bond acceptors (Lipinski definition) is 5. The molecule has 6 heteroatoms. The highest BCUT2D eigenvalue weighted by Gasteiger charge is 2.06. The first-order valence-corrected chi connectivity index (χ1v) is 5.84. The molecule has 0 aliphatic rings. The average molecular weight is 249 g/mol. The van der Waals surface area contributed by atoms with Crippen molar-refractivity contribution >= 4 is 23.1 Å². The van der Waals surface area contributed by atoms with Crippen molar-refractivity contribution in [2.24, 2.45) is 0 Å². The van der Waals surface area contributed by atoms with Gasteiger partial charge in [0.15, 0.2) is 0 Å². The molecule has 0 fully saturated rings. The van der Waals surface area contributed by atoms with Gasteiger partial charge in [0, 0.05) is 10.9 Å². The summed E-state index contributed by atoms with van der Waals surface area (Å²) in [6.07, 6.45) is 1.70. The van der Waals surface area contributed by atoms with Crippen LogP contribution in [0.3, 0.4) is 0 Å². The van der Waals surface area contributed by atoms with E-state index >= 15 is 0 Å². The van der Waals surface area contributed by atoms with Crippen LogP contribution in [0.4, 0.5) is 5.82 Å². The minimum atomic E-state index is -0.104. The Labute approximate surface area is 102 Å². The first-order chi connectivity index (χ1) is 8.28. The maximum absolute atomic E-state index is 11.7. The zero-order chi connectivity index (χ0) is 12.1. The number of nitrogens with one attached hydrogen (secondary N) is 1. The summed E-state index contributed by atoms with van der Waals surface area (Å²) in [6.45, 7) is 0. The van der Waals surface area contributed by atoms with Gasteiger partial charge in [-0.3, -0.25) is 4.79 Å². The summed E-state index contributed by atoms with van der Waals surface area (Å²) in [5.41, 5.74) is 0. The van der Waals surface area contributed by atoms with Crippen molar-refractivity contribution in [1.29, 1.82) is 0 Å². The van der Waals surface area contributed by atoms with Crippen LogP contribution in [0, 0.1) is 0 Å². The van der Waals surface area contributed by atoms with E-state index in [1.54, 1.807) is 17.4 Å². The van der Waals surface area contributed by atoms with Gasteiger partial charge in [0.25, 0.3) is 0 Å². The highest BCUT2D eigenvalue weighted by atomic mass is 32.1. The number of carbonyl (C=O) groups excluding carboxylic acids is 1. The topological polar surface area (TPSA) is 64.1 Å². The molecule has 0 aliphatic heterocycles. The summed E-state index contributed by atoms with van der Waals surface area (Å²) in [5, 5.41) is 4.63. The predicted octanol–water partition coefficient (Wildman–Crippen LogP) is 1.73. The van der Waals surface area contributed by atoms with Crippen LogP contribution in [0.5, 0.6) is 5.88 Å². The third-order valence-corrected chi connectivity index (χ3v) is 2.91. The van der Waals surface area contributed by atoms with Crippen LogP contribution in [0.2, 0.25) is 0 Å². The van der Waals surface area contributed by atoms with Crippen LogP contribution in [-0.4, -0.2) is 23.0 Å². The van der Waals surface area contributed by atoms with E-state index < -0.39 is 0 Å². The van der Waals surface area contributed by atoms with Crippen LogP contribution in [0.25, 0.3) is 0 Å². The van der Waals surface area contributed by atoms with Gasteiger partial charge < -0.3 is 10.1 Å². The van der Waals surface area contributed by atoms with Gasteiger partial charge in [0.2, 0.25) is 11.8 Å². The Balaban J connectivity index is 1.98. The van der Waals surface area contributed by atoms with E-state index in [1.807, 2.05) is 17.5 Å². The average Bonchev–Trinajstić information content (AvgIpc) is 2.82. The summed E-state index contributed by atoms with van der Waals surface area (Å²) in [6, 6.07) is 5.41. The molecule has 0 saturated carbocycles. The van der Waals surface area contributed by atoms with Crippen molar-refractivity contribution in [2.45, 2.75) is 6.42 Å². The molecule has 0 radical (unpaired) electrons. The van der Waals surface area contributed by atoms with Gasteiger partial charge in [0.1, 0.15) is 12.1 Å². The van der Waals surface area contributed by atoms with E-state index in [0.717, 1.165) is 4.88 Å². The first kappa shape index (κ1) is 11.5. The van der Waals surface area contributed by atoms with Crippen LogP contribution in [0.15, 0.2) is 29.9 Å². The van der Waals surface area contributed by atoms with Gasteiger partial charge in [-0.1, -0.05) is 6.07 Å². The monoisotopic (exact) mass is 249 g/mol. The Morgan fingerprint density at radius 1 is 1.53 bits per heavy atom. The number of nitrogens with zero attached hydrogens (tertiary/aromatic N) is 2. The first-order valence-electron chi connectivity index (χ1n) is 4.96. The van der Waals surface area contributed by atoms with E-state index in [4.69, 9.17) is 4.74 Å². The molecular weight excluding hydrogens is 238 g/mol. The van der Waals surface area contributed by atoms with E-state index in [2.05, 4.69) is 15.3 Å². The number of carbonyl (C=O) groups is 1. The molecule has 2 rings (SSSR count). The fourth-order valence-corrected chi connectivity index (χ4v) is 1.98. The fourth-order valence-electron chi connectivity index (χ4n) is 1.28. The van der Waals surface area contributed by atoms with E-state index in [1.165, 1.54) is 13.4 Å². The zero-order valence-electron chi connectivity index (χ0n) is 9.21. The molecule has 0 spiro atoms. The van der Waals surface area contributed by atoms with Crippen LogP contribution in [0.1, 0.15) is 4.88 Å². The molecule has 17 heavy (non-hydrogen) atoms. The standard InChI is InChI=1S/C11H11N3O2S/c1-16-11-6-9(12-7-13-11)14-10(15)5-8-3-2-4-17-8/h2-4,6-7H,5H2,1H3,(H,12,13,14,15). The molecule has 0 unspecified atom stereocenters. The molecular formula is C11H11N3O2S. The highest BCUT2D eigenvalue weighted by Crippen LogP contribution is 2.12. The Bertz CT molecular complexity index is 499. The second-order valence-corrected chi connectivity index (χ2v) is 4.28. The van der Waals surface area contributed by atoms with Gasteiger partial charge in [-0.05, 0) is 11.4 Å². The Morgan fingerprint density at radius 3 is 3.12 bits per heavy atom. The maximum atomic E-state index is 11.7. The number of methoxy groups -OCH3 is 1. The summed E-state index contributed by atoms with van der Waals surface area (Å²) < 4.78 is 4.94. The predicted molar refractivity (Wildman–Crippen MR) is 65.2 cm³/mol. The Kier molecular flexibility index (Phi) is 3.66. The lowest BCUT2D eigenvalue weighted by Gasteiger charge is -2.04. The summed E-state index contributed by atoms with van der Waals surface area (Å²) >= 11 is 1.55. The molecule has 2 aromatic rings. The number of ether oxygens (including phenoxy) is 1. The fraction of sp³-hybridized carbons (Fsp3) is 0.182. The molecule has 1 N–H and O–H groups in total. The summed E-state index contributed by atoms with van der Waals surface area (Å²) in [7, 11) is 1.51. The lowest BCUT2D eigenvalue weighted by molar-refractivity contribution is -0.115. The second kappa shape index (κ2) is 5.40. The smallest absolute Gasteiger partial charge is 0.230 e. The van der Waals surface area contributed by atoms with Crippen molar-refractivity contribution in [3.05, 3.63) is 34.8 Å². The third-order valence-electron chi connectivity index (χ3n) is 2.03. The molecule has 2 aromatic heterocycles. The molecule has 0 aliphatic carbocycles. The number of amides is 1. The highest BCUT2D eigenvalue weighted by molar-refractivity contribution is 7.10. The van der Waals surface area contributed by atoms with Crippen LogP contribution >= 0.6 is 11.3 Å². The van der Waals surface area contributed by atoms with Gasteiger partial charge in [-0.15, -0.1) is 11.3 Å². The van der Waals surface area contributed by atoms with E-state index in [-0.39, 0.29) is 5.91 Å². The molecule has 0 aromatic carbocycles. The lowest BCUT2D eigenvalue weighted by atomic mass is 10.3. The minimum absolute atomic E-state index is 0.104. The number of anilines is 1. The van der Waals surface area contributed by atoms with E-state index in [9.17, 15) is 4.79 Å². The Hall–Kier alpha value is -1.95. The van der Waals surface area contributed by atoms with Gasteiger partial charge in [-0.25, -0.2) is 9.97 Å². The summed E-state index contributed by atoms with van der Waals surface area (Å²) in [5.74, 6) is 0.762. The van der Waals surface area contributed by atoms with E-state index in [0.29, 0.717) is 18.1 Å². The molecule has 0 bridgehead atoms. The zero-order valence-corrected chi connectivity index (χ0v) is 10.0. The molecule has 0 atom stereocenters. The molecule has 88 valence electrons. The minimum Gasteiger partial charge on any atom is -0.481 e. The number of thiophene rings is 1. The number of rotatable bonds is 4. The van der Waals surface area contributed by atoms with Gasteiger partial charge >= 0.3 is 0 Å². The van der Waals surface area contributed by atoms with Crippen LogP contribution in [-0.2, 0) is 11.2 Å². The molecule has 0 saturated heterocycles. The largest absolute Gasteiger partial charge is 0.481 e. The number of hydrogen-bond donors (Lipinski definition) is 1. The van der Waals surface area contributed by atoms with Crippen LogP contribution < -0.4 is 10.1 Å². The lowest BCUT2D eigenvalue weighted by Crippen LogP contribution is -2.14. The van der Waals surface area contributed by atoms with Crippen molar-refractivity contribution < 1.29 is 9.53 Å². The van der Waals surface area contributed by atoms with Gasteiger partial charge in [0.05, 0.1) is 13.5 Å². The van der Waals surface area contributed by atoms with Crippen molar-refractivity contribution in [1.82, 2.24) is 9.97 Å². The van der Waals surface area contributed by atoms with Crippen molar-refractivity contribution in [3.8, 4) is 5.88 Å². The maximum Gasteiger partial charge on any atom is 0.230 e. The molecule has 1 amide bonds. The number of aromatic nitrogens is 2.